The van der Waals surface area contributed by atoms with E-state index in [1.807, 2.05) is 42.2 Å². The molecule has 1 aromatic carbocycles. The highest BCUT2D eigenvalue weighted by Crippen LogP contribution is 2.25. The van der Waals surface area contributed by atoms with Gasteiger partial charge in [0, 0.05) is 54.9 Å². The summed E-state index contributed by atoms with van der Waals surface area (Å²) < 4.78 is 0. The van der Waals surface area contributed by atoms with Crippen LogP contribution in [0.5, 0.6) is 0 Å². The lowest BCUT2D eigenvalue weighted by molar-refractivity contribution is 0.0624. The molecule has 3 heterocycles. The summed E-state index contributed by atoms with van der Waals surface area (Å²) in [6, 6.07) is 10.7. The Labute approximate surface area is 159 Å². The molecule has 1 aromatic heterocycles. The van der Waals surface area contributed by atoms with Crippen molar-refractivity contribution in [3.8, 4) is 11.3 Å². The quantitative estimate of drug-likeness (QED) is 0.902. The molecule has 2 saturated heterocycles. The van der Waals surface area contributed by atoms with Crippen LogP contribution < -0.4 is 0 Å². The first-order valence-corrected chi connectivity index (χ1v) is 10.6. The van der Waals surface area contributed by atoms with Crippen LogP contribution in [-0.2, 0) is 0 Å². The van der Waals surface area contributed by atoms with Crippen LogP contribution in [0.4, 0.5) is 0 Å². The SMILES string of the molecule is Cc1c(-c2ccccc2)n[nH]c1C(=O)N1CCC(N2CCSCC2)CC1. The Balaban J connectivity index is 1.42. The molecule has 0 saturated carbocycles. The van der Waals surface area contributed by atoms with E-state index in [1.54, 1.807) is 0 Å². The first kappa shape index (κ1) is 17.6. The largest absolute Gasteiger partial charge is 0.337 e. The first-order valence-electron chi connectivity index (χ1n) is 9.45. The molecule has 2 fully saturated rings. The molecule has 1 N–H and O–H groups in total. The van der Waals surface area contributed by atoms with E-state index in [2.05, 4.69) is 26.9 Å². The number of hydrogen-bond acceptors (Lipinski definition) is 4. The number of thioether (sulfide) groups is 1. The number of likely N-dealkylation sites (tertiary alicyclic amines) is 1. The molecular weight excluding hydrogens is 344 g/mol. The number of nitrogens with zero attached hydrogens (tertiary/aromatic N) is 3. The van der Waals surface area contributed by atoms with E-state index >= 15 is 0 Å². The number of benzene rings is 1. The molecule has 26 heavy (non-hydrogen) atoms. The zero-order valence-corrected chi connectivity index (χ0v) is 16.1. The van der Waals surface area contributed by atoms with Gasteiger partial charge in [0.1, 0.15) is 5.69 Å². The Morgan fingerprint density at radius 2 is 1.81 bits per heavy atom. The van der Waals surface area contributed by atoms with E-state index in [9.17, 15) is 4.79 Å². The third kappa shape index (κ3) is 3.53. The van der Waals surface area contributed by atoms with Crippen LogP contribution in [0.1, 0.15) is 28.9 Å². The summed E-state index contributed by atoms with van der Waals surface area (Å²) in [6.45, 7) is 6.06. The van der Waals surface area contributed by atoms with Crippen molar-refractivity contribution in [1.29, 1.82) is 0 Å². The van der Waals surface area contributed by atoms with Gasteiger partial charge in [0.25, 0.3) is 5.91 Å². The van der Waals surface area contributed by atoms with Gasteiger partial charge in [-0.25, -0.2) is 0 Å². The number of hydrogen-bond donors (Lipinski definition) is 1. The second-order valence-electron chi connectivity index (χ2n) is 7.11. The van der Waals surface area contributed by atoms with Crippen LogP contribution in [-0.4, -0.2) is 69.6 Å². The summed E-state index contributed by atoms with van der Waals surface area (Å²) in [6.07, 6.45) is 2.16. The van der Waals surface area contributed by atoms with Crippen molar-refractivity contribution in [3.63, 3.8) is 0 Å². The maximum absolute atomic E-state index is 13.0. The monoisotopic (exact) mass is 370 g/mol. The standard InChI is InChI=1S/C20H26N4OS/c1-15-18(16-5-3-2-4-6-16)21-22-19(15)20(25)24-9-7-17(8-10-24)23-11-13-26-14-12-23/h2-6,17H,7-14H2,1H3,(H,21,22). The minimum absolute atomic E-state index is 0.0878. The minimum Gasteiger partial charge on any atom is -0.337 e. The number of amides is 1. The van der Waals surface area contributed by atoms with Gasteiger partial charge in [-0.05, 0) is 19.8 Å². The molecule has 1 amide bonds. The van der Waals surface area contributed by atoms with Crippen LogP contribution in [0.3, 0.4) is 0 Å². The Morgan fingerprint density at radius 3 is 2.50 bits per heavy atom. The molecule has 138 valence electrons. The Morgan fingerprint density at radius 1 is 1.12 bits per heavy atom. The molecule has 0 unspecified atom stereocenters. The number of carbonyl (C=O) groups excluding carboxylic acids is 1. The van der Waals surface area contributed by atoms with Gasteiger partial charge in [-0.15, -0.1) is 0 Å². The van der Waals surface area contributed by atoms with Crippen LogP contribution in [0.15, 0.2) is 30.3 Å². The third-order valence-electron chi connectivity index (χ3n) is 5.58. The summed E-state index contributed by atoms with van der Waals surface area (Å²) in [5, 5.41) is 7.40. The number of nitrogens with one attached hydrogen (secondary N) is 1. The summed E-state index contributed by atoms with van der Waals surface area (Å²) >= 11 is 2.05. The van der Waals surface area contributed by atoms with E-state index in [4.69, 9.17) is 0 Å². The molecule has 0 bridgehead atoms. The second-order valence-corrected chi connectivity index (χ2v) is 8.33. The normalized spacial score (nSPS) is 19.7. The van der Waals surface area contributed by atoms with E-state index in [-0.39, 0.29) is 5.91 Å². The van der Waals surface area contributed by atoms with Crippen molar-refractivity contribution < 1.29 is 4.79 Å². The Kier molecular flexibility index (Phi) is 5.31. The predicted molar refractivity (Wildman–Crippen MR) is 107 cm³/mol. The number of carbonyl (C=O) groups is 1. The highest BCUT2D eigenvalue weighted by Gasteiger charge is 2.29. The molecule has 2 aromatic rings. The molecule has 2 aliphatic heterocycles. The maximum atomic E-state index is 13.0. The second kappa shape index (κ2) is 7.84. The van der Waals surface area contributed by atoms with Gasteiger partial charge in [-0.3, -0.25) is 14.8 Å². The number of aromatic amines is 1. The van der Waals surface area contributed by atoms with Crippen molar-refractivity contribution in [3.05, 3.63) is 41.6 Å². The zero-order chi connectivity index (χ0) is 17.9. The fraction of sp³-hybridized carbons (Fsp3) is 0.500. The van der Waals surface area contributed by atoms with Crippen molar-refractivity contribution >= 4 is 17.7 Å². The van der Waals surface area contributed by atoms with E-state index in [1.165, 1.54) is 24.6 Å². The van der Waals surface area contributed by atoms with Crippen molar-refractivity contribution in [2.45, 2.75) is 25.8 Å². The average Bonchev–Trinajstić information content (AvgIpc) is 3.10. The van der Waals surface area contributed by atoms with Gasteiger partial charge >= 0.3 is 0 Å². The molecule has 2 aliphatic rings. The number of piperidine rings is 1. The van der Waals surface area contributed by atoms with Crippen LogP contribution in [0.25, 0.3) is 11.3 Å². The van der Waals surface area contributed by atoms with Gasteiger partial charge in [0.15, 0.2) is 0 Å². The fourth-order valence-corrected chi connectivity index (χ4v) is 4.95. The number of aromatic nitrogens is 2. The van der Waals surface area contributed by atoms with Gasteiger partial charge in [0.05, 0.1) is 5.69 Å². The Hall–Kier alpha value is -1.79. The zero-order valence-electron chi connectivity index (χ0n) is 15.3. The number of rotatable bonds is 3. The molecule has 4 rings (SSSR count). The Bertz CT molecular complexity index is 746. The molecule has 0 spiro atoms. The average molecular weight is 371 g/mol. The summed E-state index contributed by atoms with van der Waals surface area (Å²) in [5.41, 5.74) is 3.49. The minimum atomic E-state index is 0.0878. The highest BCUT2D eigenvalue weighted by molar-refractivity contribution is 7.99. The lowest BCUT2D eigenvalue weighted by atomic mass is 10.0. The number of H-pyrrole nitrogens is 1. The van der Waals surface area contributed by atoms with E-state index in [0.717, 1.165) is 42.8 Å². The lowest BCUT2D eigenvalue weighted by Crippen LogP contribution is -2.49. The molecule has 6 heteroatoms. The lowest BCUT2D eigenvalue weighted by Gasteiger charge is -2.40. The molecule has 5 nitrogen and oxygen atoms in total. The first-order chi connectivity index (χ1) is 12.7. The molecule has 0 aliphatic carbocycles. The van der Waals surface area contributed by atoms with Crippen molar-refractivity contribution in [1.82, 2.24) is 20.0 Å². The van der Waals surface area contributed by atoms with Gasteiger partial charge in [-0.2, -0.15) is 16.9 Å². The predicted octanol–water partition coefficient (Wildman–Crippen LogP) is 3.04. The molecule has 0 atom stereocenters. The van der Waals surface area contributed by atoms with Crippen molar-refractivity contribution in [2.75, 3.05) is 37.7 Å². The van der Waals surface area contributed by atoms with Gasteiger partial charge in [-0.1, -0.05) is 30.3 Å². The van der Waals surface area contributed by atoms with Crippen LogP contribution in [0.2, 0.25) is 0 Å². The summed E-state index contributed by atoms with van der Waals surface area (Å²) in [5.74, 6) is 2.58. The van der Waals surface area contributed by atoms with Gasteiger partial charge < -0.3 is 4.90 Å². The fourth-order valence-electron chi connectivity index (χ4n) is 4.02. The third-order valence-corrected chi connectivity index (χ3v) is 6.53. The topological polar surface area (TPSA) is 52.2 Å². The smallest absolute Gasteiger partial charge is 0.272 e. The van der Waals surface area contributed by atoms with Crippen LogP contribution in [0, 0.1) is 6.92 Å². The summed E-state index contributed by atoms with van der Waals surface area (Å²) in [4.78, 5) is 17.6. The molecular formula is C20H26N4OS. The van der Waals surface area contributed by atoms with E-state index in [0.29, 0.717) is 11.7 Å². The molecule has 0 radical (unpaired) electrons. The highest BCUT2D eigenvalue weighted by atomic mass is 32.2. The maximum Gasteiger partial charge on any atom is 0.272 e. The summed E-state index contributed by atoms with van der Waals surface area (Å²) in [7, 11) is 0. The van der Waals surface area contributed by atoms with Crippen molar-refractivity contribution in [2.24, 2.45) is 0 Å². The van der Waals surface area contributed by atoms with Crippen LogP contribution >= 0.6 is 11.8 Å². The van der Waals surface area contributed by atoms with E-state index < -0.39 is 0 Å². The van der Waals surface area contributed by atoms with Gasteiger partial charge in [0.2, 0.25) is 0 Å².